The minimum absolute atomic E-state index is 0.156. The molecule has 0 saturated carbocycles. The number of aromatic nitrogens is 3. The Balaban J connectivity index is 1.36. The first-order valence-electron chi connectivity index (χ1n) is 10.2. The van der Waals surface area contributed by atoms with Crippen LogP contribution in [0.3, 0.4) is 0 Å². The van der Waals surface area contributed by atoms with E-state index in [0.29, 0.717) is 12.5 Å². The molecule has 0 aliphatic carbocycles. The Morgan fingerprint density at radius 2 is 2.03 bits per heavy atom. The summed E-state index contributed by atoms with van der Waals surface area (Å²) in [6.07, 6.45) is 3.53. The van der Waals surface area contributed by atoms with E-state index in [1.165, 1.54) is 11.6 Å². The SMILES string of the molecule is CCOc1cc(CN2CCC(c3noc(-c4ccc(=O)[nH]c4)n3)CC2)ccc1OC. The first-order valence-corrected chi connectivity index (χ1v) is 10.2. The summed E-state index contributed by atoms with van der Waals surface area (Å²) in [6.45, 7) is 5.37. The van der Waals surface area contributed by atoms with Crippen molar-refractivity contribution in [2.45, 2.75) is 32.2 Å². The van der Waals surface area contributed by atoms with E-state index in [9.17, 15) is 4.79 Å². The normalized spacial score (nSPS) is 15.3. The molecule has 158 valence electrons. The van der Waals surface area contributed by atoms with E-state index in [1.54, 1.807) is 19.4 Å². The molecule has 1 aliphatic heterocycles. The standard InChI is InChI=1S/C22H26N4O4/c1-3-29-19-12-15(4-6-18(19)28-2)14-26-10-8-16(9-11-26)21-24-22(30-25-21)17-5-7-20(27)23-13-17/h4-7,12-13,16H,3,8-11,14H2,1-2H3,(H,23,27). The van der Waals surface area contributed by atoms with E-state index in [-0.39, 0.29) is 11.5 Å². The maximum absolute atomic E-state index is 11.2. The van der Waals surface area contributed by atoms with Crippen molar-refractivity contribution in [2.75, 3.05) is 26.8 Å². The third-order valence-electron chi connectivity index (χ3n) is 5.36. The molecule has 0 radical (unpaired) electrons. The molecule has 30 heavy (non-hydrogen) atoms. The van der Waals surface area contributed by atoms with Crippen LogP contribution in [-0.4, -0.2) is 46.8 Å². The van der Waals surface area contributed by atoms with Gasteiger partial charge in [0.15, 0.2) is 17.3 Å². The highest BCUT2D eigenvalue weighted by Gasteiger charge is 2.25. The maximum Gasteiger partial charge on any atom is 0.259 e. The second kappa shape index (κ2) is 9.13. The van der Waals surface area contributed by atoms with Crippen molar-refractivity contribution in [1.82, 2.24) is 20.0 Å². The Bertz CT molecular complexity index is 1020. The summed E-state index contributed by atoms with van der Waals surface area (Å²) in [5.41, 5.74) is 1.77. The van der Waals surface area contributed by atoms with Gasteiger partial charge in [0.1, 0.15) is 0 Å². The molecule has 2 aromatic heterocycles. The minimum atomic E-state index is -0.156. The number of hydrogen-bond donors (Lipinski definition) is 1. The lowest BCUT2D eigenvalue weighted by Crippen LogP contribution is -2.32. The second-order valence-electron chi connectivity index (χ2n) is 7.37. The van der Waals surface area contributed by atoms with E-state index < -0.39 is 0 Å². The number of pyridine rings is 1. The van der Waals surface area contributed by atoms with Crippen LogP contribution in [0, 0.1) is 0 Å². The Labute approximate surface area is 174 Å². The van der Waals surface area contributed by atoms with Crippen molar-refractivity contribution >= 4 is 0 Å². The van der Waals surface area contributed by atoms with Crippen LogP contribution >= 0.6 is 0 Å². The summed E-state index contributed by atoms with van der Waals surface area (Å²) in [7, 11) is 1.66. The van der Waals surface area contributed by atoms with Crippen molar-refractivity contribution in [3.63, 3.8) is 0 Å². The Hall–Kier alpha value is -3.13. The molecule has 1 aliphatic rings. The first kappa shape index (κ1) is 20.2. The van der Waals surface area contributed by atoms with Gasteiger partial charge in [-0.15, -0.1) is 0 Å². The first-order chi connectivity index (χ1) is 14.7. The largest absolute Gasteiger partial charge is 0.493 e. The molecule has 3 heterocycles. The summed E-state index contributed by atoms with van der Waals surface area (Å²) in [5, 5.41) is 4.17. The predicted molar refractivity (Wildman–Crippen MR) is 112 cm³/mol. The van der Waals surface area contributed by atoms with Crippen LogP contribution in [0.15, 0.2) is 45.8 Å². The highest BCUT2D eigenvalue weighted by Crippen LogP contribution is 2.31. The zero-order valence-electron chi connectivity index (χ0n) is 17.3. The minimum Gasteiger partial charge on any atom is -0.493 e. The van der Waals surface area contributed by atoms with Gasteiger partial charge >= 0.3 is 0 Å². The highest BCUT2D eigenvalue weighted by molar-refractivity contribution is 5.50. The van der Waals surface area contributed by atoms with Crippen molar-refractivity contribution in [3.05, 3.63) is 58.3 Å². The molecule has 0 atom stereocenters. The van der Waals surface area contributed by atoms with Crippen molar-refractivity contribution < 1.29 is 14.0 Å². The topological polar surface area (TPSA) is 93.5 Å². The van der Waals surface area contributed by atoms with Crippen LogP contribution in [-0.2, 0) is 6.54 Å². The second-order valence-corrected chi connectivity index (χ2v) is 7.37. The van der Waals surface area contributed by atoms with Crippen LogP contribution in [0.25, 0.3) is 11.5 Å². The number of methoxy groups -OCH3 is 1. The summed E-state index contributed by atoms with van der Waals surface area (Å²) in [5.74, 6) is 2.99. The zero-order valence-corrected chi connectivity index (χ0v) is 17.3. The van der Waals surface area contributed by atoms with Gasteiger partial charge in [-0.2, -0.15) is 4.98 Å². The molecule has 3 aromatic rings. The lowest BCUT2D eigenvalue weighted by Gasteiger charge is -2.30. The summed E-state index contributed by atoms with van der Waals surface area (Å²) >= 11 is 0. The number of H-pyrrole nitrogens is 1. The molecular formula is C22H26N4O4. The molecule has 4 rings (SSSR count). The molecule has 0 bridgehead atoms. The molecule has 1 N–H and O–H groups in total. The lowest BCUT2D eigenvalue weighted by molar-refractivity contribution is 0.200. The Morgan fingerprint density at radius 1 is 1.20 bits per heavy atom. The molecule has 8 heteroatoms. The van der Waals surface area contributed by atoms with E-state index in [2.05, 4.69) is 32.2 Å². The fourth-order valence-corrected chi connectivity index (χ4v) is 3.76. The van der Waals surface area contributed by atoms with Gasteiger partial charge in [0.05, 0.1) is 19.3 Å². The third-order valence-corrected chi connectivity index (χ3v) is 5.36. The number of benzene rings is 1. The van der Waals surface area contributed by atoms with E-state index in [4.69, 9.17) is 14.0 Å². The average molecular weight is 410 g/mol. The smallest absolute Gasteiger partial charge is 0.259 e. The van der Waals surface area contributed by atoms with E-state index in [0.717, 1.165) is 55.4 Å². The third kappa shape index (κ3) is 4.54. The Kier molecular flexibility index (Phi) is 6.13. The van der Waals surface area contributed by atoms with E-state index >= 15 is 0 Å². The van der Waals surface area contributed by atoms with Crippen LogP contribution < -0.4 is 15.0 Å². The van der Waals surface area contributed by atoms with Crippen LogP contribution in [0.5, 0.6) is 11.5 Å². The number of likely N-dealkylation sites (tertiary alicyclic amines) is 1. The van der Waals surface area contributed by atoms with Gasteiger partial charge in [0, 0.05) is 24.7 Å². The molecule has 0 unspecified atom stereocenters. The maximum atomic E-state index is 11.2. The van der Waals surface area contributed by atoms with Crippen molar-refractivity contribution in [3.8, 4) is 23.0 Å². The predicted octanol–water partition coefficient (Wildman–Crippen LogP) is 3.21. The zero-order chi connectivity index (χ0) is 20.9. The van der Waals surface area contributed by atoms with Crippen LogP contribution in [0.4, 0.5) is 0 Å². The number of nitrogens with zero attached hydrogens (tertiary/aromatic N) is 3. The van der Waals surface area contributed by atoms with Gasteiger partial charge in [0.2, 0.25) is 5.56 Å². The number of rotatable bonds is 7. The van der Waals surface area contributed by atoms with Gasteiger partial charge < -0.3 is 19.0 Å². The summed E-state index contributed by atoms with van der Waals surface area (Å²) in [6, 6.07) is 9.25. The van der Waals surface area contributed by atoms with E-state index in [1.807, 2.05) is 13.0 Å². The number of piperidine rings is 1. The molecule has 1 aromatic carbocycles. The molecule has 1 saturated heterocycles. The number of ether oxygens (including phenoxy) is 2. The number of aromatic amines is 1. The van der Waals surface area contributed by atoms with Crippen LogP contribution in [0.1, 0.15) is 37.1 Å². The van der Waals surface area contributed by atoms with Gasteiger partial charge in [-0.1, -0.05) is 11.2 Å². The van der Waals surface area contributed by atoms with Gasteiger partial charge in [0.25, 0.3) is 5.89 Å². The number of hydrogen-bond acceptors (Lipinski definition) is 7. The molecule has 0 amide bonds. The summed E-state index contributed by atoms with van der Waals surface area (Å²) in [4.78, 5) is 20.8. The van der Waals surface area contributed by atoms with Crippen LogP contribution in [0.2, 0.25) is 0 Å². The fourth-order valence-electron chi connectivity index (χ4n) is 3.76. The van der Waals surface area contributed by atoms with Crippen molar-refractivity contribution in [2.24, 2.45) is 0 Å². The van der Waals surface area contributed by atoms with Gasteiger partial charge in [-0.25, -0.2) is 0 Å². The molecular weight excluding hydrogens is 384 g/mol. The van der Waals surface area contributed by atoms with Crippen molar-refractivity contribution in [1.29, 1.82) is 0 Å². The monoisotopic (exact) mass is 410 g/mol. The van der Waals surface area contributed by atoms with Gasteiger partial charge in [-0.3, -0.25) is 9.69 Å². The number of nitrogens with one attached hydrogen (secondary N) is 1. The average Bonchev–Trinajstić information content (AvgIpc) is 3.26. The quantitative estimate of drug-likeness (QED) is 0.639. The molecule has 1 fully saturated rings. The lowest BCUT2D eigenvalue weighted by atomic mass is 9.96. The Morgan fingerprint density at radius 3 is 2.73 bits per heavy atom. The highest BCUT2D eigenvalue weighted by atomic mass is 16.5. The summed E-state index contributed by atoms with van der Waals surface area (Å²) < 4.78 is 16.5. The fraction of sp³-hybridized carbons (Fsp3) is 0.409. The molecule has 0 spiro atoms. The molecule has 8 nitrogen and oxygen atoms in total. The van der Waals surface area contributed by atoms with Gasteiger partial charge in [-0.05, 0) is 56.6 Å².